The fourth-order valence-electron chi connectivity index (χ4n) is 3.36. The van der Waals surface area contributed by atoms with Gasteiger partial charge in [-0.1, -0.05) is 110 Å². The molecule has 172 valence electrons. The van der Waals surface area contributed by atoms with Crippen molar-refractivity contribution in [3.8, 4) is 0 Å². The molecule has 8 N–H and O–H groups in total. The maximum atomic E-state index is 5.73. The van der Waals surface area contributed by atoms with Crippen LogP contribution in [0, 0.1) is 0 Å². The topological polar surface area (TPSA) is 104 Å². The summed E-state index contributed by atoms with van der Waals surface area (Å²) in [6.45, 7) is 4.61. The Morgan fingerprint density at radius 1 is 0.464 bits per heavy atom. The van der Waals surface area contributed by atoms with Crippen molar-refractivity contribution in [2.45, 2.75) is 135 Å². The molecule has 0 aromatic rings. The van der Waals surface area contributed by atoms with Gasteiger partial charge in [0, 0.05) is 12.6 Å². The van der Waals surface area contributed by atoms with Gasteiger partial charge in [0.2, 0.25) is 0 Å². The third-order valence-electron chi connectivity index (χ3n) is 5.39. The molecule has 0 saturated heterocycles. The smallest absolute Gasteiger partial charge is 0.0163 e. The van der Waals surface area contributed by atoms with E-state index >= 15 is 0 Å². The predicted octanol–water partition coefficient (Wildman–Crippen LogP) is 5.61. The molecule has 0 aliphatic carbocycles. The van der Waals surface area contributed by atoms with Gasteiger partial charge in [-0.3, -0.25) is 0 Å². The van der Waals surface area contributed by atoms with E-state index in [1.165, 1.54) is 116 Å². The third kappa shape index (κ3) is 30.6. The predicted molar refractivity (Wildman–Crippen MR) is 129 cm³/mol. The maximum Gasteiger partial charge on any atom is 0.0163 e. The highest BCUT2D eigenvalue weighted by atomic mass is 14.7. The molecule has 0 aliphatic rings. The van der Waals surface area contributed by atoms with E-state index in [-0.39, 0.29) is 6.04 Å². The lowest BCUT2D eigenvalue weighted by Crippen LogP contribution is -2.29. The molecule has 0 saturated carbocycles. The van der Waals surface area contributed by atoms with Crippen LogP contribution in [-0.4, -0.2) is 25.7 Å². The van der Waals surface area contributed by atoms with Gasteiger partial charge in [-0.2, -0.15) is 0 Å². The van der Waals surface area contributed by atoms with Crippen molar-refractivity contribution in [1.29, 1.82) is 0 Å². The molecule has 0 rings (SSSR count). The van der Waals surface area contributed by atoms with Crippen LogP contribution in [0.4, 0.5) is 0 Å². The van der Waals surface area contributed by atoms with Gasteiger partial charge in [0.05, 0.1) is 0 Å². The molecule has 0 heterocycles. The zero-order chi connectivity index (χ0) is 21.1. The highest BCUT2D eigenvalue weighted by Gasteiger charge is 1.98. The summed E-state index contributed by atoms with van der Waals surface area (Å²) in [5.41, 5.74) is 22.0. The molecule has 0 spiro atoms. The van der Waals surface area contributed by atoms with Gasteiger partial charge in [-0.25, -0.2) is 0 Å². The second-order valence-corrected chi connectivity index (χ2v) is 8.37. The monoisotopic (exact) mass is 400 g/mol. The van der Waals surface area contributed by atoms with E-state index in [1.807, 2.05) is 0 Å². The minimum atomic E-state index is 0.232. The van der Waals surface area contributed by atoms with Crippen molar-refractivity contribution >= 4 is 0 Å². The Bertz CT molecular complexity index is 237. The molecule has 0 aromatic carbocycles. The minimum absolute atomic E-state index is 0.232. The Balaban J connectivity index is 0. The first-order valence-corrected chi connectivity index (χ1v) is 12.6. The molecular formula is C24H56N4. The number of unbranched alkanes of at least 4 members (excludes halogenated alkanes) is 16. The lowest BCUT2D eigenvalue weighted by Gasteiger charge is -2.07. The van der Waals surface area contributed by atoms with Crippen molar-refractivity contribution in [2.24, 2.45) is 22.9 Å². The van der Waals surface area contributed by atoms with Gasteiger partial charge in [-0.15, -0.1) is 0 Å². The average molecular weight is 401 g/mol. The van der Waals surface area contributed by atoms with Crippen LogP contribution < -0.4 is 22.9 Å². The molecule has 28 heavy (non-hydrogen) atoms. The summed E-state index contributed by atoms with van der Waals surface area (Å²) in [7, 11) is 0. The highest BCUT2D eigenvalue weighted by molar-refractivity contribution is 4.61. The van der Waals surface area contributed by atoms with Crippen LogP contribution in [-0.2, 0) is 0 Å². The molecule has 0 radical (unpaired) electrons. The molecule has 0 fully saturated rings. The summed E-state index contributed by atoms with van der Waals surface area (Å²) in [5, 5.41) is 0. The third-order valence-corrected chi connectivity index (χ3v) is 5.39. The molecule has 0 aliphatic heterocycles. The van der Waals surface area contributed by atoms with Gasteiger partial charge in [-0.05, 0) is 32.4 Å². The van der Waals surface area contributed by atoms with E-state index < -0.39 is 0 Å². The lowest BCUT2D eigenvalue weighted by molar-refractivity contribution is 0.530. The van der Waals surface area contributed by atoms with Gasteiger partial charge in [0.15, 0.2) is 0 Å². The molecular weight excluding hydrogens is 344 g/mol. The summed E-state index contributed by atoms with van der Waals surface area (Å²) in [6, 6.07) is 0.232. The van der Waals surface area contributed by atoms with Crippen LogP contribution in [0.5, 0.6) is 0 Å². The van der Waals surface area contributed by atoms with Crippen molar-refractivity contribution < 1.29 is 0 Å². The second-order valence-electron chi connectivity index (χ2n) is 8.37. The summed E-state index contributed by atoms with van der Waals surface area (Å²) >= 11 is 0. The van der Waals surface area contributed by atoms with Crippen LogP contribution in [0.1, 0.15) is 129 Å². The average Bonchev–Trinajstić information content (AvgIpc) is 2.71. The van der Waals surface area contributed by atoms with Crippen LogP contribution in [0.15, 0.2) is 0 Å². The quantitative estimate of drug-likeness (QED) is 0.188. The van der Waals surface area contributed by atoms with Crippen LogP contribution >= 0.6 is 0 Å². The lowest BCUT2D eigenvalue weighted by atomic mass is 10.1. The summed E-state index contributed by atoms with van der Waals surface area (Å²) in [5.74, 6) is 0. The summed E-state index contributed by atoms with van der Waals surface area (Å²) in [4.78, 5) is 0. The van der Waals surface area contributed by atoms with E-state index in [0.717, 1.165) is 19.5 Å². The Morgan fingerprint density at radius 3 is 1.11 bits per heavy atom. The van der Waals surface area contributed by atoms with Crippen LogP contribution in [0.2, 0.25) is 0 Å². The number of rotatable bonds is 21. The minimum Gasteiger partial charge on any atom is -0.330 e. The summed E-state index contributed by atoms with van der Waals surface area (Å²) < 4.78 is 0. The first-order valence-electron chi connectivity index (χ1n) is 12.6. The van der Waals surface area contributed by atoms with Crippen molar-refractivity contribution in [3.05, 3.63) is 0 Å². The first kappa shape index (κ1) is 30.0. The number of nitrogens with two attached hydrogens (primary N) is 4. The fraction of sp³-hybridized carbons (Fsp3) is 1.00. The Morgan fingerprint density at radius 2 is 0.786 bits per heavy atom. The standard InChI is InChI=1S/2C12H28N2/c1-2-3-4-5-6-7-8-9-10-12(14)11-13;13-11-9-7-5-3-1-2-4-6-8-10-12-14/h12H,2-11,13-14H2,1H3;1-14H2. The largest absolute Gasteiger partial charge is 0.330 e. The SMILES string of the molecule is CCCCCCCCCCC(N)CN.NCCCCCCCCCCCCN. The number of hydrogen-bond acceptors (Lipinski definition) is 4. The van der Waals surface area contributed by atoms with Crippen LogP contribution in [0.25, 0.3) is 0 Å². The normalized spacial score (nSPS) is 11.9. The van der Waals surface area contributed by atoms with Gasteiger partial charge in [0.1, 0.15) is 0 Å². The van der Waals surface area contributed by atoms with Crippen molar-refractivity contribution in [3.63, 3.8) is 0 Å². The first-order chi connectivity index (χ1) is 13.7. The van der Waals surface area contributed by atoms with E-state index in [1.54, 1.807) is 0 Å². The van der Waals surface area contributed by atoms with Crippen LogP contribution in [0.3, 0.4) is 0 Å². The van der Waals surface area contributed by atoms with E-state index in [0.29, 0.717) is 6.54 Å². The zero-order valence-corrected chi connectivity index (χ0v) is 19.4. The molecule has 4 heteroatoms. The van der Waals surface area contributed by atoms with Gasteiger partial charge >= 0.3 is 0 Å². The van der Waals surface area contributed by atoms with Gasteiger partial charge in [0.25, 0.3) is 0 Å². The molecule has 0 aromatic heterocycles. The van der Waals surface area contributed by atoms with Crippen molar-refractivity contribution in [1.82, 2.24) is 0 Å². The zero-order valence-electron chi connectivity index (χ0n) is 19.4. The number of hydrogen-bond donors (Lipinski definition) is 4. The Labute approximate surface area is 177 Å². The molecule has 4 nitrogen and oxygen atoms in total. The molecule has 0 bridgehead atoms. The molecule has 0 amide bonds. The van der Waals surface area contributed by atoms with Crippen molar-refractivity contribution in [2.75, 3.05) is 19.6 Å². The molecule has 1 unspecified atom stereocenters. The van der Waals surface area contributed by atoms with E-state index in [9.17, 15) is 0 Å². The fourth-order valence-corrected chi connectivity index (χ4v) is 3.36. The molecule has 1 atom stereocenters. The van der Waals surface area contributed by atoms with E-state index in [2.05, 4.69) is 6.92 Å². The Hall–Kier alpha value is -0.160. The maximum absolute atomic E-state index is 5.73. The Kier molecular flexibility index (Phi) is 31.2. The second kappa shape index (κ2) is 29.0. The van der Waals surface area contributed by atoms with E-state index in [4.69, 9.17) is 22.9 Å². The van der Waals surface area contributed by atoms with Gasteiger partial charge < -0.3 is 22.9 Å². The summed E-state index contributed by atoms with van der Waals surface area (Å²) in [6.07, 6.45) is 25.5. The highest BCUT2D eigenvalue weighted by Crippen LogP contribution is 2.10.